The second-order valence-electron chi connectivity index (χ2n) is 11.6. The normalized spacial score (nSPS) is 20.2. The molecular formula is C28H36F3N3O3. The molecule has 0 spiro atoms. The van der Waals surface area contributed by atoms with E-state index in [0.29, 0.717) is 40.3 Å². The van der Waals surface area contributed by atoms with Crippen molar-refractivity contribution in [3.63, 3.8) is 0 Å². The van der Waals surface area contributed by atoms with Gasteiger partial charge in [-0.25, -0.2) is 4.98 Å². The van der Waals surface area contributed by atoms with E-state index in [1.807, 2.05) is 12.1 Å². The Kier molecular flexibility index (Phi) is 7.14. The first-order chi connectivity index (χ1) is 17.1. The summed E-state index contributed by atoms with van der Waals surface area (Å²) >= 11 is 0. The highest BCUT2D eigenvalue weighted by Gasteiger charge is 2.33. The number of hydrogen-bond donors (Lipinski definition) is 2. The molecule has 3 aromatic rings. The highest BCUT2D eigenvalue weighted by atomic mass is 19.4. The average Bonchev–Trinajstić information content (AvgIpc) is 3.07. The van der Waals surface area contributed by atoms with Crippen LogP contribution in [-0.4, -0.2) is 28.1 Å². The van der Waals surface area contributed by atoms with Crippen LogP contribution in [0.15, 0.2) is 36.4 Å². The van der Waals surface area contributed by atoms with Crippen LogP contribution in [0.5, 0.6) is 11.5 Å². The second-order valence-corrected chi connectivity index (χ2v) is 11.6. The molecule has 1 saturated carbocycles. The van der Waals surface area contributed by atoms with Crippen molar-refractivity contribution in [3.05, 3.63) is 42.0 Å². The Hall–Kier alpha value is -2.94. The molecule has 9 heteroatoms. The fourth-order valence-corrected chi connectivity index (χ4v) is 5.89. The Morgan fingerprint density at radius 2 is 1.81 bits per heavy atom. The van der Waals surface area contributed by atoms with Crippen molar-refractivity contribution in [3.8, 4) is 11.5 Å². The highest BCUT2D eigenvalue weighted by molar-refractivity contribution is 5.83. The first-order valence-electron chi connectivity index (χ1n) is 12.6. The molecule has 1 heterocycles. The number of hydrogen-bond acceptors (Lipinski definition) is 5. The van der Waals surface area contributed by atoms with Crippen molar-refractivity contribution < 1.29 is 27.8 Å². The van der Waals surface area contributed by atoms with E-state index in [1.54, 1.807) is 21.0 Å². The van der Waals surface area contributed by atoms with Crippen molar-refractivity contribution in [2.45, 2.75) is 72.4 Å². The van der Waals surface area contributed by atoms with E-state index >= 15 is 0 Å². The minimum absolute atomic E-state index is 0.242. The number of methoxy groups -OCH3 is 1. The molecule has 2 atom stereocenters. The molecule has 1 aromatic heterocycles. The van der Waals surface area contributed by atoms with Gasteiger partial charge in [0, 0.05) is 23.9 Å². The molecular weight excluding hydrogens is 483 g/mol. The minimum atomic E-state index is -4.74. The topological polar surface area (TPSA) is 68.5 Å². The molecule has 0 saturated heterocycles. The second kappa shape index (κ2) is 9.74. The van der Waals surface area contributed by atoms with E-state index in [4.69, 9.17) is 9.72 Å². The van der Waals surface area contributed by atoms with Crippen molar-refractivity contribution in [1.82, 2.24) is 9.55 Å². The fourth-order valence-electron chi connectivity index (χ4n) is 5.89. The summed E-state index contributed by atoms with van der Waals surface area (Å²) in [6.07, 6.45) is -1.37. The largest absolute Gasteiger partial charge is 0.573 e. The Morgan fingerprint density at radius 1 is 1.14 bits per heavy atom. The fraction of sp³-hybridized carbons (Fsp3) is 0.536. The first-order valence-corrected chi connectivity index (χ1v) is 12.6. The van der Waals surface area contributed by atoms with Crippen molar-refractivity contribution >= 4 is 22.7 Å². The Balaban J connectivity index is 1.74. The summed E-state index contributed by atoms with van der Waals surface area (Å²) in [7, 11) is 1.58. The number of nitrogens with one attached hydrogen (secondary N) is 1. The van der Waals surface area contributed by atoms with E-state index in [2.05, 4.69) is 35.4 Å². The molecule has 1 unspecified atom stereocenters. The van der Waals surface area contributed by atoms with Gasteiger partial charge < -0.3 is 24.5 Å². The van der Waals surface area contributed by atoms with E-state index in [0.717, 1.165) is 24.9 Å². The number of aromatic nitrogens is 2. The van der Waals surface area contributed by atoms with Gasteiger partial charge in [0.15, 0.2) is 0 Å². The van der Waals surface area contributed by atoms with Gasteiger partial charge in [0.25, 0.3) is 0 Å². The molecule has 202 valence electrons. The number of rotatable bonds is 7. The zero-order chi connectivity index (χ0) is 27.2. The van der Waals surface area contributed by atoms with Crippen molar-refractivity contribution in [1.29, 1.82) is 0 Å². The number of aliphatic hydroxyl groups is 1. The molecule has 2 N–H and O–H groups in total. The Bertz CT molecular complexity index is 1240. The SMILES string of the molecule is COc1cc2c(cc1C(C)(C)O)nc(Nc1ccc(OC(F)(F)F)cc1)n2CC1C[C@H](C)CC(C)(C)C1. The number of fused-ring (bicyclic) bond motifs is 1. The number of imidazole rings is 1. The van der Waals surface area contributed by atoms with E-state index in [1.165, 1.54) is 30.7 Å². The maximum atomic E-state index is 12.6. The first kappa shape index (κ1) is 27.1. The standard InChI is InChI=1S/C28H36F3N3O3/c1-17-11-18(15-26(2,3)14-17)16-34-23-13-24(36-6)21(27(4,5)35)12-22(23)33-25(34)32-19-7-9-20(10-8-19)37-28(29,30)31/h7-10,12-13,17-18,35H,11,14-16H2,1-6H3,(H,32,33)/t17-,18?/m0/s1. The predicted octanol–water partition coefficient (Wildman–Crippen LogP) is 7.38. The Labute approximate surface area is 215 Å². The molecule has 1 fully saturated rings. The zero-order valence-electron chi connectivity index (χ0n) is 22.2. The summed E-state index contributed by atoms with van der Waals surface area (Å²) in [6.45, 7) is 11.0. The maximum Gasteiger partial charge on any atom is 0.573 e. The van der Waals surface area contributed by atoms with Gasteiger partial charge in [0.2, 0.25) is 5.95 Å². The molecule has 1 aliphatic carbocycles. The van der Waals surface area contributed by atoms with Crippen LogP contribution in [0, 0.1) is 17.3 Å². The molecule has 37 heavy (non-hydrogen) atoms. The van der Waals surface area contributed by atoms with E-state index < -0.39 is 12.0 Å². The quantitative estimate of drug-likeness (QED) is 0.341. The Morgan fingerprint density at radius 3 is 2.38 bits per heavy atom. The predicted molar refractivity (Wildman–Crippen MR) is 138 cm³/mol. The third-order valence-corrected chi connectivity index (χ3v) is 6.99. The molecule has 0 bridgehead atoms. The summed E-state index contributed by atoms with van der Waals surface area (Å²) in [5.41, 5.74) is 1.87. The van der Waals surface area contributed by atoms with Crippen LogP contribution in [-0.2, 0) is 12.1 Å². The van der Waals surface area contributed by atoms with Gasteiger partial charge in [-0.05, 0) is 80.7 Å². The van der Waals surface area contributed by atoms with Crippen LogP contribution >= 0.6 is 0 Å². The number of benzene rings is 2. The molecule has 0 radical (unpaired) electrons. The lowest BCUT2D eigenvalue weighted by Gasteiger charge is -2.39. The molecule has 2 aromatic carbocycles. The molecule has 0 aliphatic heterocycles. The molecule has 0 amide bonds. The van der Waals surface area contributed by atoms with Gasteiger partial charge in [0.1, 0.15) is 11.5 Å². The lowest BCUT2D eigenvalue weighted by atomic mass is 9.68. The van der Waals surface area contributed by atoms with Crippen LogP contribution in [0.3, 0.4) is 0 Å². The third kappa shape index (κ3) is 6.50. The summed E-state index contributed by atoms with van der Waals surface area (Å²) in [6, 6.07) is 9.33. The van der Waals surface area contributed by atoms with E-state index in [-0.39, 0.29) is 11.2 Å². The summed E-state index contributed by atoms with van der Waals surface area (Å²) in [4.78, 5) is 4.83. The van der Waals surface area contributed by atoms with Gasteiger partial charge in [-0.1, -0.05) is 20.8 Å². The van der Waals surface area contributed by atoms with Gasteiger partial charge in [-0.3, -0.25) is 0 Å². The average molecular weight is 520 g/mol. The van der Waals surface area contributed by atoms with Crippen LogP contribution in [0.4, 0.5) is 24.8 Å². The van der Waals surface area contributed by atoms with Gasteiger partial charge in [0.05, 0.1) is 23.7 Å². The van der Waals surface area contributed by atoms with Crippen LogP contribution < -0.4 is 14.8 Å². The molecule has 6 nitrogen and oxygen atoms in total. The van der Waals surface area contributed by atoms with Crippen LogP contribution in [0.25, 0.3) is 11.0 Å². The summed E-state index contributed by atoms with van der Waals surface area (Å²) < 4.78 is 49.4. The monoisotopic (exact) mass is 519 g/mol. The number of alkyl halides is 3. The van der Waals surface area contributed by atoms with Crippen molar-refractivity contribution in [2.24, 2.45) is 17.3 Å². The van der Waals surface area contributed by atoms with Gasteiger partial charge >= 0.3 is 6.36 Å². The zero-order valence-corrected chi connectivity index (χ0v) is 22.2. The number of halogens is 3. The lowest BCUT2D eigenvalue weighted by molar-refractivity contribution is -0.274. The summed E-state index contributed by atoms with van der Waals surface area (Å²) in [5, 5.41) is 14.0. The van der Waals surface area contributed by atoms with Gasteiger partial charge in [-0.15, -0.1) is 13.2 Å². The molecule has 1 aliphatic rings. The minimum Gasteiger partial charge on any atom is -0.496 e. The summed E-state index contributed by atoms with van der Waals surface area (Å²) in [5.74, 6) is 1.89. The van der Waals surface area contributed by atoms with Crippen LogP contribution in [0.2, 0.25) is 0 Å². The number of anilines is 2. The smallest absolute Gasteiger partial charge is 0.496 e. The molecule has 4 rings (SSSR count). The maximum absolute atomic E-state index is 12.6. The number of ether oxygens (including phenoxy) is 2. The highest BCUT2D eigenvalue weighted by Crippen LogP contribution is 2.43. The number of nitrogens with zero attached hydrogens (tertiary/aromatic N) is 2. The van der Waals surface area contributed by atoms with E-state index in [9.17, 15) is 18.3 Å². The van der Waals surface area contributed by atoms with Gasteiger partial charge in [-0.2, -0.15) is 0 Å². The lowest BCUT2D eigenvalue weighted by Crippen LogP contribution is -2.30. The van der Waals surface area contributed by atoms with Crippen LogP contribution in [0.1, 0.15) is 59.4 Å². The van der Waals surface area contributed by atoms with Crippen molar-refractivity contribution in [2.75, 3.05) is 12.4 Å². The third-order valence-electron chi connectivity index (χ3n) is 6.99.